The Hall–Kier alpha value is -0.910. The lowest BCUT2D eigenvalue weighted by molar-refractivity contribution is 0.126. The summed E-state index contributed by atoms with van der Waals surface area (Å²) >= 11 is 0. The van der Waals surface area contributed by atoms with E-state index in [2.05, 4.69) is 13.8 Å². The molecule has 1 N–H and O–H groups in total. The van der Waals surface area contributed by atoms with Gasteiger partial charge in [0.25, 0.3) is 0 Å². The van der Waals surface area contributed by atoms with Gasteiger partial charge in [-0.3, -0.25) is 4.90 Å². The number of hydrogen-bond donors (Lipinski definition) is 1. The second-order valence-corrected chi connectivity index (χ2v) is 8.00. The lowest BCUT2D eigenvalue weighted by atomic mass is 10.0. The van der Waals surface area contributed by atoms with Gasteiger partial charge in [-0.05, 0) is 30.0 Å². The van der Waals surface area contributed by atoms with Crippen molar-refractivity contribution < 1.29 is 13.5 Å². The Morgan fingerprint density at radius 1 is 1.30 bits per heavy atom. The zero-order valence-electron chi connectivity index (χ0n) is 12.3. The fraction of sp³-hybridized carbons (Fsp3) is 0.600. The van der Waals surface area contributed by atoms with Gasteiger partial charge in [0.1, 0.15) is 0 Å². The summed E-state index contributed by atoms with van der Waals surface area (Å²) in [6.07, 6.45) is -0.450. The molecule has 1 aliphatic heterocycles. The zero-order valence-corrected chi connectivity index (χ0v) is 13.2. The van der Waals surface area contributed by atoms with Crippen molar-refractivity contribution >= 4 is 9.84 Å². The molecule has 0 bridgehead atoms. The summed E-state index contributed by atoms with van der Waals surface area (Å²) in [4.78, 5) is 2.47. The summed E-state index contributed by atoms with van der Waals surface area (Å²) in [6, 6.07) is 5.74. The first-order valence-electron chi connectivity index (χ1n) is 7.05. The van der Waals surface area contributed by atoms with Crippen LogP contribution >= 0.6 is 0 Å². The third-order valence-electron chi connectivity index (χ3n) is 3.69. The first kappa shape index (κ1) is 15.5. The van der Waals surface area contributed by atoms with Crippen LogP contribution in [0.25, 0.3) is 0 Å². The first-order valence-corrected chi connectivity index (χ1v) is 8.71. The summed E-state index contributed by atoms with van der Waals surface area (Å²) in [7, 11) is -3.23. The summed E-state index contributed by atoms with van der Waals surface area (Å²) in [5.74, 6) is 0.432. The molecule has 1 aromatic carbocycles. The van der Waals surface area contributed by atoms with Crippen molar-refractivity contribution in [2.75, 3.05) is 18.8 Å². The van der Waals surface area contributed by atoms with Gasteiger partial charge in [0.15, 0.2) is 9.84 Å². The van der Waals surface area contributed by atoms with Gasteiger partial charge >= 0.3 is 0 Å². The maximum atomic E-state index is 12.4. The van der Waals surface area contributed by atoms with Gasteiger partial charge in [0.2, 0.25) is 0 Å². The number of β-amino-alcohol motifs (C(OH)–C–C–N with tert-alkyl or cyclic N) is 1. The van der Waals surface area contributed by atoms with E-state index in [4.69, 9.17) is 0 Å². The van der Waals surface area contributed by atoms with Gasteiger partial charge < -0.3 is 5.11 Å². The van der Waals surface area contributed by atoms with Crippen LogP contribution in [0.15, 0.2) is 23.1 Å². The summed E-state index contributed by atoms with van der Waals surface area (Å²) in [6.45, 7) is 7.40. The largest absolute Gasteiger partial charge is 0.392 e. The fourth-order valence-corrected chi connectivity index (χ4v) is 4.13. The third kappa shape index (κ3) is 3.40. The highest BCUT2D eigenvalue weighted by Crippen LogP contribution is 2.27. The third-order valence-corrected chi connectivity index (χ3v) is 5.46. The summed E-state index contributed by atoms with van der Waals surface area (Å²) in [5.41, 5.74) is 1.89. The molecule has 20 heavy (non-hydrogen) atoms. The number of sulfone groups is 1. The molecule has 0 amide bonds. The van der Waals surface area contributed by atoms with E-state index in [1.165, 1.54) is 0 Å². The smallest absolute Gasteiger partial charge is 0.179 e. The Balaban J connectivity index is 2.40. The van der Waals surface area contributed by atoms with Crippen molar-refractivity contribution in [2.24, 2.45) is 0 Å². The molecule has 1 atom stereocenters. The molecule has 1 aromatic rings. The van der Waals surface area contributed by atoms with Crippen LogP contribution in [0, 0.1) is 0 Å². The molecule has 0 saturated carbocycles. The van der Waals surface area contributed by atoms with Gasteiger partial charge in [0, 0.05) is 19.6 Å². The molecular formula is C15H23NO3S. The highest BCUT2D eigenvalue weighted by Gasteiger charge is 2.26. The van der Waals surface area contributed by atoms with E-state index in [-0.39, 0.29) is 5.75 Å². The van der Waals surface area contributed by atoms with Crippen LogP contribution in [0.4, 0.5) is 0 Å². The molecule has 1 aliphatic rings. The van der Waals surface area contributed by atoms with E-state index < -0.39 is 15.9 Å². The quantitative estimate of drug-likeness (QED) is 0.924. The number of fused-ring (bicyclic) bond motifs is 1. The van der Waals surface area contributed by atoms with Crippen molar-refractivity contribution in [1.29, 1.82) is 0 Å². The average Bonchev–Trinajstić information content (AvgIpc) is 2.46. The standard InChI is InChI=1S/C15H23NO3S/c1-11(2)13-4-5-14-10-16(9-12(3)17)6-7-20(18,19)15(14)8-13/h4-5,8,11-12,17H,6-7,9-10H2,1-3H3/t12-/m0/s1. The second-order valence-electron chi connectivity index (χ2n) is 5.92. The van der Waals surface area contributed by atoms with E-state index in [0.717, 1.165) is 11.1 Å². The maximum absolute atomic E-state index is 12.4. The van der Waals surface area contributed by atoms with Crippen molar-refractivity contribution in [3.05, 3.63) is 29.3 Å². The Morgan fingerprint density at radius 2 is 2.00 bits per heavy atom. The molecule has 0 aliphatic carbocycles. The first-order chi connectivity index (χ1) is 9.29. The van der Waals surface area contributed by atoms with Gasteiger partial charge in [-0.2, -0.15) is 0 Å². The molecule has 2 rings (SSSR count). The molecule has 0 aromatic heterocycles. The maximum Gasteiger partial charge on any atom is 0.179 e. The minimum Gasteiger partial charge on any atom is -0.392 e. The van der Waals surface area contributed by atoms with Gasteiger partial charge in [-0.15, -0.1) is 0 Å². The molecule has 1 heterocycles. The highest BCUT2D eigenvalue weighted by molar-refractivity contribution is 7.91. The molecule has 0 fully saturated rings. The van der Waals surface area contributed by atoms with E-state index in [0.29, 0.717) is 30.4 Å². The Kier molecular flexibility index (Phi) is 4.52. The van der Waals surface area contributed by atoms with E-state index in [1.807, 2.05) is 23.1 Å². The monoisotopic (exact) mass is 297 g/mol. The molecule has 0 saturated heterocycles. The van der Waals surface area contributed by atoms with Gasteiger partial charge in [-0.25, -0.2) is 8.42 Å². The lowest BCUT2D eigenvalue weighted by Crippen LogP contribution is -2.32. The van der Waals surface area contributed by atoms with Crippen LogP contribution in [0.1, 0.15) is 37.8 Å². The zero-order chi connectivity index (χ0) is 14.9. The molecule has 5 heteroatoms. The molecule has 0 radical (unpaired) electrons. The van der Waals surface area contributed by atoms with Crippen molar-refractivity contribution in [1.82, 2.24) is 4.90 Å². The van der Waals surface area contributed by atoms with Crippen LogP contribution < -0.4 is 0 Å². The van der Waals surface area contributed by atoms with Crippen molar-refractivity contribution in [3.63, 3.8) is 0 Å². The normalized spacial score (nSPS) is 20.4. The van der Waals surface area contributed by atoms with Crippen LogP contribution in [-0.4, -0.2) is 43.4 Å². The number of aliphatic hydroxyl groups is 1. The van der Waals surface area contributed by atoms with Crippen LogP contribution in [0.3, 0.4) is 0 Å². The summed E-state index contributed by atoms with van der Waals surface area (Å²) < 4.78 is 24.8. The fourth-order valence-electron chi connectivity index (χ4n) is 2.56. The van der Waals surface area contributed by atoms with Crippen LogP contribution in [0.5, 0.6) is 0 Å². The number of benzene rings is 1. The minimum absolute atomic E-state index is 0.119. The molecule has 0 spiro atoms. The lowest BCUT2D eigenvalue weighted by Gasteiger charge is -2.21. The molecule has 112 valence electrons. The molecule has 4 nitrogen and oxygen atoms in total. The van der Waals surface area contributed by atoms with Gasteiger partial charge in [0.05, 0.1) is 16.8 Å². The van der Waals surface area contributed by atoms with Crippen molar-refractivity contribution in [3.8, 4) is 0 Å². The SMILES string of the molecule is CC(C)c1ccc2c(c1)S(=O)(=O)CCN(C[C@H](C)O)C2. The number of hydrogen-bond acceptors (Lipinski definition) is 4. The predicted octanol–water partition coefficient (Wildman–Crippen LogP) is 1.78. The van der Waals surface area contributed by atoms with E-state index >= 15 is 0 Å². The van der Waals surface area contributed by atoms with E-state index in [9.17, 15) is 13.5 Å². The van der Waals surface area contributed by atoms with Crippen molar-refractivity contribution in [2.45, 2.75) is 44.2 Å². The number of nitrogens with zero attached hydrogens (tertiary/aromatic N) is 1. The Labute approximate surface area is 121 Å². The van der Waals surface area contributed by atoms with Gasteiger partial charge in [-0.1, -0.05) is 26.0 Å². The predicted molar refractivity (Wildman–Crippen MR) is 79.5 cm³/mol. The Morgan fingerprint density at radius 3 is 2.60 bits per heavy atom. The summed E-state index contributed by atoms with van der Waals surface area (Å²) in [5, 5.41) is 9.50. The van der Waals surface area contributed by atoms with Crippen LogP contribution in [0.2, 0.25) is 0 Å². The topological polar surface area (TPSA) is 57.6 Å². The molecular weight excluding hydrogens is 274 g/mol. The Bertz CT molecular complexity index is 579. The van der Waals surface area contributed by atoms with Crippen LogP contribution in [-0.2, 0) is 16.4 Å². The van der Waals surface area contributed by atoms with E-state index in [1.54, 1.807) is 6.92 Å². The second kappa shape index (κ2) is 5.84. The molecule has 0 unspecified atom stereocenters. The minimum atomic E-state index is -3.23. The number of rotatable bonds is 3. The number of aliphatic hydroxyl groups excluding tert-OH is 1. The average molecular weight is 297 g/mol. The highest BCUT2D eigenvalue weighted by atomic mass is 32.2.